The first-order chi connectivity index (χ1) is 16.5. The summed E-state index contributed by atoms with van der Waals surface area (Å²) in [4.78, 5) is 4.05. The second kappa shape index (κ2) is 8.75. The molecule has 0 atom stereocenters. The van der Waals surface area contributed by atoms with Crippen molar-refractivity contribution in [3.63, 3.8) is 0 Å². The predicted molar refractivity (Wildman–Crippen MR) is 122 cm³/mol. The van der Waals surface area contributed by atoms with E-state index in [4.69, 9.17) is 23.5 Å². The van der Waals surface area contributed by atoms with E-state index < -0.39 is 10.0 Å². The summed E-state index contributed by atoms with van der Waals surface area (Å²) in [6.45, 7) is 0.465. The third-order valence-corrected chi connectivity index (χ3v) is 6.73. The Hall–Kier alpha value is -3.99. The zero-order valence-electron chi connectivity index (χ0n) is 18.4. The van der Waals surface area contributed by atoms with Crippen molar-refractivity contribution in [1.82, 2.24) is 10.1 Å². The van der Waals surface area contributed by atoms with E-state index in [0.717, 1.165) is 12.0 Å². The normalized spacial score (nSPS) is 13.1. The maximum Gasteiger partial charge on any atom is 0.270 e. The SMILES string of the molecule is COc1cccc(OC)c1S(=O)(=O)Nc1noc2cc(Oc3ccccn3)c3c(c12)OCCC3. The van der Waals surface area contributed by atoms with Gasteiger partial charge in [-0.05, 0) is 31.0 Å². The number of methoxy groups -OCH3 is 2. The first-order valence-corrected chi connectivity index (χ1v) is 11.9. The quantitative estimate of drug-likeness (QED) is 0.413. The van der Waals surface area contributed by atoms with Crippen molar-refractivity contribution in [1.29, 1.82) is 0 Å². The molecule has 1 N–H and O–H groups in total. The molecule has 0 bridgehead atoms. The Morgan fingerprint density at radius 2 is 1.82 bits per heavy atom. The van der Waals surface area contributed by atoms with Gasteiger partial charge in [-0.2, -0.15) is 0 Å². The molecule has 2 aromatic carbocycles. The highest BCUT2D eigenvalue weighted by Crippen LogP contribution is 2.45. The Morgan fingerprint density at radius 1 is 1.03 bits per heavy atom. The van der Waals surface area contributed by atoms with E-state index in [9.17, 15) is 8.42 Å². The van der Waals surface area contributed by atoms with Gasteiger partial charge in [-0.15, -0.1) is 0 Å². The molecular weight excluding hydrogens is 462 g/mol. The first-order valence-electron chi connectivity index (χ1n) is 10.4. The van der Waals surface area contributed by atoms with E-state index in [1.807, 2.05) is 6.07 Å². The molecule has 3 heterocycles. The molecule has 5 rings (SSSR count). The van der Waals surface area contributed by atoms with Gasteiger partial charge in [0.1, 0.15) is 28.4 Å². The molecule has 0 unspecified atom stereocenters. The molecule has 10 nitrogen and oxygen atoms in total. The lowest BCUT2D eigenvalue weighted by atomic mass is 10.0. The number of pyridine rings is 1. The lowest BCUT2D eigenvalue weighted by molar-refractivity contribution is 0.288. The predicted octanol–water partition coefficient (Wildman–Crippen LogP) is 4.16. The number of rotatable bonds is 7. The molecule has 2 aromatic heterocycles. The highest BCUT2D eigenvalue weighted by atomic mass is 32.2. The molecule has 0 saturated carbocycles. The van der Waals surface area contributed by atoms with E-state index in [2.05, 4.69) is 14.9 Å². The molecular formula is C23H21N3O7S. The Balaban J connectivity index is 1.60. The van der Waals surface area contributed by atoms with Crippen LogP contribution in [-0.4, -0.2) is 39.4 Å². The second-order valence-electron chi connectivity index (χ2n) is 7.41. The fourth-order valence-corrected chi connectivity index (χ4v) is 5.18. The van der Waals surface area contributed by atoms with Gasteiger partial charge in [0, 0.05) is 23.9 Å². The minimum Gasteiger partial charge on any atom is -0.495 e. The van der Waals surface area contributed by atoms with Crippen molar-refractivity contribution in [2.45, 2.75) is 17.7 Å². The minimum atomic E-state index is -4.16. The van der Waals surface area contributed by atoms with Crippen molar-refractivity contribution in [3.05, 3.63) is 54.2 Å². The summed E-state index contributed by atoms with van der Waals surface area (Å²) in [5.74, 6) is 1.63. The largest absolute Gasteiger partial charge is 0.495 e. The number of sulfonamides is 1. The molecule has 1 aliphatic heterocycles. The molecule has 11 heteroatoms. The number of fused-ring (bicyclic) bond motifs is 3. The monoisotopic (exact) mass is 483 g/mol. The van der Waals surface area contributed by atoms with Crippen LogP contribution in [0.15, 0.2) is 58.1 Å². The number of benzene rings is 2. The molecule has 0 radical (unpaired) electrons. The molecule has 0 aliphatic carbocycles. The number of hydrogen-bond acceptors (Lipinski definition) is 9. The second-order valence-corrected chi connectivity index (χ2v) is 9.03. The van der Waals surface area contributed by atoms with Crippen LogP contribution in [0.2, 0.25) is 0 Å². The average Bonchev–Trinajstić information content (AvgIpc) is 3.26. The van der Waals surface area contributed by atoms with Crippen LogP contribution in [0.3, 0.4) is 0 Å². The Bertz CT molecular complexity index is 1430. The minimum absolute atomic E-state index is 0.00880. The van der Waals surface area contributed by atoms with E-state index in [0.29, 0.717) is 41.4 Å². The summed E-state index contributed by atoms with van der Waals surface area (Å²) in [7, 11) is -1.40. The molecule has 1 aliphatic rings. The standard InChI is InChI=1S/C23H21N3O7S/c1-29-15-8-5-9-16(30-2)22(15)34(27,28)26-23-20-18(33-25-23)13-17(14-7-6-12-31-21(14)20)32-19-10-3-4-11-24-19/h3-5,8-11,13H,6-7,12H2,1-2H3,(H,25,26). The zero-order valence-corrected chi connectivity index (χ0v) is 19.2. The molecule has 0 spiro atoms. The van der Waals surface area contributed by atoms with Gasteiger partial charge in [0.2, 0.25) is 5.88 Å². The number of aromatic nitrogens is 2. The summed E-state index contributed by atoms with van der Waals surface area (Å²) in [5.41, 5.74) is 1.08. The van der Waals surface area contributed by atoms with Crippen LogP contribution < -0.4 is 23.7 Å². The van der Waals surface area contributed by atoms with Gasteiger partial charge in [0.15, 0.2) is 16.3 Å². The highest BCUT2D eigenvalue weighted by Gasteiger charge is 2.30. The lowest BCUT2D eigenvalue weighted by Crippen LogP contribution is -2.16. The van der Waals surface area contributed by atoms with Gasteiger partial charge in [-0.1, -0.05) is 17.3 Å². The van der Waals surface area contributed by atoms with Gasteiger partial charge in [0.25, 0.3) is 10.0 Å². The van der Waals surface area contributed by atoms with E-state index >= 15 is 0 Å². The summed E-state index contributed by atoms with van der Waals surface area (Å²) < 4.78 is 57.1. The Morgan fingerprint density at radius 3 is 2.53 bits per heavy atom. The van der Waals surface area contributed by atoms with Crippen LogP contribution in [0.4, 0.5) is 5.82 Å². The van der Waals surface area contributed by atoms with Crippen molar-refractivity contribution in [3.8, 4) is 28.9 Å². The van der Waals surface area contributed by atoms with E-state index in [-0.39, 0.29) is 22.2 Å². The summed E-state index contributed by atoms with van der Waals surface area (Å²) in [5, 5.41) is 4.38. The van der Waals surface area contributed by atoms with Crippen LogP contribution in [0.25, 0.3) is 11.0 Å². The zero-order chi connectivity index (χ0) is 23.7. The third kappa shape index (κ3) is 3.83. The maximum atomic E-state index is 13.4. The lowest BCUT2D eigenvalue weighted by Gasteiger charge is -2.21. The van der Waals surface area contributed by atoms with Crippen molar-refractivity contribution in [2.24, 2.45) is 0 Å². The van der Waals surface area contributed by atoms with Gasteiger partial charge in [-0.25, -0.2) is 13.4 Å². The van der Waals surface area contributed by atoms with Crippen molar-refractivity contribution >= 4 is 26.8 Å². The fraction of sp³-hybridized carbons (Fsp3) is 0.217. The molecule has 34 heavy (non-hydrogen) atoms. The maximum absolute atomic E-state index is 13.4. The number of nitrogens with zero attached hydrogens (tertiary/aromatic N) is 2. The van der Waals surface area contributed by atoms with Crippen LogP contribution in [0.5, 0.6) is 28.9 Å². The summed E-state index contributed by atoms with van der Waals surface area (Å²) >= 11 is 0. The van der Waals surface area contributed by atoms with Crippen LogP contribution in [-0.2, 0) is 16.4 Å². The molecule has 4 aromatic rings. The van der Waals surface area contributed by atoms with Gasteiger partial charge < -0.3 is 23.5 Å². The summed E-state index contributed by atoms with van der Waals surface area (Å²) in [6.07, 6.45) is 3.08. The van der Waals surface area contributed by atoms with Gasteiger partial charge in [-0.3, -0.25) is 4.72 Å². The summed E-state index contributed by atoms with van der Waals surface area (Å²) in [6, 6.07) is 11.7. The molecule has 176 valence electrons. The van der Waals surface area contributed by atoms with Gasteiger partial charge in [0.05, 0.1) is 20.8 Å². The van der Waals surface area contributed by atoms with Crippen LogP contribution in [0, 0.1) is 0 Å². The molecule has 0 amide bonds. The van der Waals surface area contributed by atoms with E-state index in [1.54, 1.807) is 30.5 Å². The topological polar surface area (TPSA) is 122 Å². The highest BCUT2D eigenvalue weighted by molar-refractivity contribution is 7.93. The fourth-order valence-electron chi connectivity index (χ4n) is 3.85. The first kappa shape index (κ1) is 21.8. The number of hydrogen-bond donors (Lipinski definition) is 1. The number of ether oxygens (including phenoxy) is 4. The Labute approximate surface area is 195 Å². The van der Waals surface area contributed by atoms with Crippen molar-refractivity contribution in [2.75, 3.05) is 25.5 Å². The molecule has 0 fully saturated rings. The molecule has 0 saturated heterocycles. The third-order valence-electron chi connectivity index (χ3n) is 5.33. The van der Waals surface area contributed by atoms with Gasteiger partial charge >= 0.3 is 0 Å². The number of nitrogens with one attached hydrogen (secondary N) is 1. The smallest absolute Gasteiger partial charge is 0.270 e. The van der Waals surface area contributed by atoms with Crippen LogP contribution >= 0.6 is 0 Å². The van der Waals surface area contributed by atoms with E-state index in [1.165, 1.54) is 26.4 Å². The van der Waals surface area contributed by atoms with Crippen molar-refractivity contribution < 1.29 is 31.9 Å². The average molecular weight is 484 g/mol. The Kier molecular flexibility index (Phi) is 5.62. The number of anilines is 1. The van der Waals surface area contributed by atoms with Crippen LogP contribution in [0.1, 0.15) is 12.0 Å².